The highest BCUT2D eigenvalue weighted by molar-refractivity contribution is 7.89. The topological polar surface area (TPSA) is 37.4 Å². The van der Waals surface area contributed by atoms with E-state index >= 15 is 0 Å². The number of sulfonamides is 1. The SMILES string of the molecule is CC(C)N(C1CC1)S(=O)(=O)c1ccc(Cl)c(Cl)c1. The molecule has 6 heteroatoms. The van der Waals surface area contributed by atoms with Gasteiger partial charge in [-0.3, -0.25) is 0 Å². The molecular formula is C12H15Cl2NO2S. The number of hydrogen-bond donors (Lipinski definition) is 0. The standard InChI is InChI=1S/C12H15Cl2NO2S/c1-8(2)15(9-3-4-9)18(16,17)10-5-6-11(13)12(14)7-10/h5-9H,3-4H2,1-2H3. The van der Waals surface area contributed by atoms with Crippen LogP contribution in [0.25, 0.3) is 0 Å². The third-order valence-corrected chi connectivity index (χ3v) is 5.75. The van der Waals surface area contributed by atoms with Crippen LogP contribution in [0, 0.1) is 0 Å². The Labute approximate surface area is 118 Å². The van der Waals surface area contributed by atoms with E-state index in [-0.39, 0.29) is 22.0 Å². The molecule has 18 heavy (non-hydrogen) atoms. The van der Waals surface area contributed by atoms with Gasteiger partial charge in [-0.25, -0.2) is 8.42 Å². The zero-order valence-electron chi connectivity index (χ0n) is 10.2. The number of nitrogens with zero attached hydrogens (tertiary/aromatic N) is 1. The third-order valence-electron chi connectivity index (χ3n) is 2.88. The van der Waals surface area contributed by atoms with Gasteiger partial charge in [-0.2, -0.15) is 4.31 Å². The Bertz CT molecular complexity index is 551. The predicted octanol–water partition coefficient (Wildman–Crippen LogP) is 3.55. The van der Waals surface area contributed by atoms with Gasteiger partial charge in [0.15, 0.2) is 0 Å². The van der Waals surface area contributed by atoms with Crippen molar-refractivity contribution in [3.8, 4) is 0 Å². The van der Waals surface area contributed by atoms with Crippen LogP contribution in [0.1, 0.15) is 26.7 Å². The minimum absolute atomic E-state index is 0.0584. The van der Waals surface area contributed by atoms with Crippen LogP contribution in [0.5, 0.6) is 0 Å². The second kappa shape index (κ2) is 5.00. The molecule has 0 bridgehead atoms. The summed E-state index contributed by atoms with van der Waals surface area (Å²) in [5, 5.41) is 0.621. The van der Waals surface area contributed by atoms with Gasteiger partial charge in [0.1, 0.15) is 0 Å². The largest absolute Gasteiger partial charge is 0.243 e. The predicted molar refractivity (Wildman–Crippen MR) is 73.6 cm³/mol. The molecule has 0 amide bonds. The molecule has 0 aromatic heterocycles. The summed E-state index contributed by atoms with van der Waals surface area (Å²) in [5.74, 6) is 0. The van der Waals surface area contributed by atoms with E-state index in [2.05, 4.69) is 0 Å². The van der Waals surface area contributed by atoms with Crippen molar-refractivity contribution in [1.29, 1.82) is 0 Å². The van der Waals surface area contributed by atoms with Crippen LogP contribution < -0.4 is 0 Å². The summed E-state index contributed by atoms with van der Waals surface area (Å²) in [6, 6.07) is 4.50. The van der Waals surface area contributed by atoms with Crippen molar-refractivity contribution < 1.29 is 8.42 Å². The lowest BCUT2D eigenvalue weighted by molar-refractivity contribution is 0.346. The van der Waals surface area contributed by atoms with Crippen LogP contribution in [-0.4, -0.2) is 24.8 Å². The fourth-order valence-electron chi connectivity index (χ4n) is 1.98. The zero-order chi connectivity index (χ0) is 13.5. The highest BCUT2D eigenvalue weighted by atomic mass is 35.5. The number of hydrogen-bond acceptors (Lipinski definition) is 2. The van der Waals surface area contributed by atoms with E-state index in [1.54, 1.807) is 4.31 Å². The summed E-state index contributed by atoms with van der Waals surface area (Å²) < 4.78 is 26.6. The van der Waals surface area contributed by atoms with Crippen molar-refractivity contribution >= 4 is 33.2 Å². The first kappa shape index (κ1) is 14.1. The highest BCUT2D eigenvalue weighted by Gasteiger charge is 2.39. The summed E-state index contributed by atoms with van der Waals surface area (Å²) in [6.07, 6.45) is 1.86. The number of halogens is 2. The molecule has 0 heterocycles. The average molecular weight is 308 g/mol. The third kappa shape index (κ3) is 2.67. The van der Waals surface area contributed by atoms with Gasteiger partial charge in [0.25, 0.3) is 0 Å². The molecule has 1 fully saturated rings. The first-order valence-corrected chi connectivity index (χ1v) is 8.02. The first-order chi connectivity index (χ1) is 8.34. The van der Waals surface area contributed by atoms with Gasteiger partial charge >= 0.3 is 0 Å². The molecule has 0 spiro atoms. The van der Waals surface area contributed by atoms with Gasteiger partial charge in [-0.1, -0.05) is 23.2 Å². The van der Waals surface area contributed by atoms with Crippen LogP contribution >= 0.6 is 23.2 Å². The fourth-order valence-corrected chi connectivity index (χ4v) is 4.25. The van der Waals surface area contributed by atoms with Gasteiger partial charge in [0.2, 0.25) is 10.0 Å². The molecule has 0 saturated heterocycles. The summed E-state index contributed by atoms with van der Waals surface area (Å²) in [6.45, 7) is 3.76. The van der Waals surface area contributed by atoms with Crippen LogP contribution in [-0.2, 0) is 10.0 Å². The second-order valence-corrected chi connectivity index (χ2v) is 7.39. The Balaban J connectivity index is 2.42. The highest BCUT2D eigenvalue weighted by Crippen LogP contribution is 2.35. The van der Waals surface area contributed by atoms with Crippen LogP contribution in [0.4, 0.5) is 0 Å². The summed E-state index contributed by atoms with van der Waals surface area (Å²) in [4.78, 5) is 0.206. The van der Waals surface area contributed by atoms with E-state index in [1.165, 1.54) is 18.2 Å². The molecule has 1 aliphatic rings. The Morgan fingerprint density at radius 1 is 1.22 bits per heavy atom. The Kier molecular flexibility index (Phi) is 3.93. The van der Waals surface area contributed by atoms with Crippen molar-refractivity contribution in [1.82, 2.24) is 4.31 Å². The number of benzene rings is 1. The molecule has 0 radical (unpaired) electrons. The Morgan fingerprint density at radius 2 is 1.83 bits per heavy atom. The summed E-state index contributed by atoms with van der Waals surface area (Å²) in [7, 11) is -3.49. The monoisotopic (exact) mass is 307 g/mol. The quantitative estimate of drug-likeness (QED) is 0.853. The maximum atomic E-state index is 12.5. The molecule has 1 aliphatic carbocycles. The van der Waals surface area contributed by atoms with Gasteiger partial charge in [-0.05, 0) is 44.9 Å². The van der Waals surface area contributed by atoms with E-state index in [9.17, 15) is 8.42 Å². The Morgan fingerprint density at radius 3 is 2.28 bits per heavy atom. The molecule has 0 atom stereocenters. The lowest BCUT2D eigenvalue weighted by atomic mass is 10.4. The van der Waals surface area contributed by atoms with E-state index in [1.807, 2.05) is 13.8 Å². The molecule has 1 aromatic rings. The lowest BCUT2D eigenvalue weighted by Crippen LogP contribution is -2.38. The molecule has 1 aromatic carbocycles. The average Bonchev–Trinajstić information content (AvgIpc) is 3.05. The molecule has 100 valence electrons. The van der Waals surface area contributed by atoms with Crippen LogP contribution in [0.2, 0.25) is 10.0 Å². The van der Waals surface area contributed by atoms with Crippen molar-refractivity contribution in [2.45, 2.75) is 43.7 Å². The number of rotatable bonds is 4. The maximum Gasteiger partial charge on any atom is 0.243 e. The lowest BCUT2D eigenvalue weighted by Gasteiger charge is -2.25. The van der Waals surface area contributed by atoms with E-state index < -0.39 is 10.0 Å². The smallest absolute Gasteiger partial charge is 0.207 e. The van der Waals surface area contributed by atoms with Gasteiger partial charge in [0, 0.05) is 12.1 Å². The molecule has 0 unspecified atom stereocenters. The zero-order valence-corrected chi connectivity index (χ0v) is 12.6. The van der Waals surface area contributed by atoms with Crippen molar-refractivity contribution in [3.63, 3.8) is 0 Å². The van der Waals surface area contributed by atoms with E-state index in [4.69, 9.17) is 23.2 Å². The first-order valence-electron chi connectivity index (χ1n) is 5.82. The van der Waals surface area contributed by atoms with Gasteiger partial charge in [0.05, 0.1) is 14.9 Å². The van der Waals surface area contributed by atoms with Gasteiger partial charge in [-0.15, -0.1) is 0 Å². The minimum atomic E-state index is -3.49. The Hall–Kier alpha value is -0.290. The summed E-state index contributed by atoms with van der Waals surface area (Å²) in [5.41, 5.74) is 0. The normalized spacial score (nSPS) is 16.6. The molecule has 2 rings (SSSR count). The molecule has 1 saturated carbocycles. The van der Waals surface area contributed by atoms with E-state index in [0.29, 0.717) is 5.02 Å². The van der Waals surface area contributed by atoms with Crippen LogP contribution in [0.3, 0.4) is 0 Å². The fraction of sp³-hybridized carbons (Fsp3) is 0.500. The molecular weight excluding hydrogens is 293 g/mol. The second-order valence-electron chi connectivity index (χ2n) is 4.74. The van der Waals surface area contributed by atoms with E-state index in [0.717, 1.165) is 12.8 Å². The molecule has 0 N–H and O–H groups in total. The van der Waals surface area contributed by atoms with Gasteiger partial charge < -0.3 is 0 Å². The minimum Gasteiger partial charge on any atom is -0.207 e. The summed E-state index contributed by atoms with van der Waals surface area (Å²) >= 11 is 11.7. The van der Waals surface area contributed by atoms with Crippen molar-refractivity contribution in [2.75, 3.05) is 0 Å². The molecule has 3 nitrogen and oxygen atoms in total. The van der Waals surface area contributed by atoms with Crippen molar-refractivity contribution in [3.05, 3.63) is 28.2 Å². The maximum absolute atomic E-state index is 12.5. The van der Waals surface area contributed by atoms with Crippen LogP contribution in [0.15, 0.2) is 23.1 Å². The van der Waals surface area contributed by atoms with Crippen molar-refractivity contribution in [2.24, 2.45) is 0 Å². The molecule has 0 aliphatic heterocycles.